The Morgan fingerprint density at radius 2 is 1.71 bits per heavy atom. The molecule has 0 saturated carbocycles. The standard InChI is InChI=1S/C17H12BrFN4O/c18-11-5-1-3-7-13(11)22-16-9-15(20-10-21-16)17(24)23-14-8-4-2-6-12(14)19/h1-10H,(H,23,24)(H,20,21,22). The molecule has 0 radical (unpaired) electrons. The molecule has 0 fully saturated rings. The first-order chi connectivity index (χ1) is 11.6. The largest absolute Gasteiger partial charge is 0.339 e. The topological polar surface area (TPSA) is 66.9 Å². The van der Waals surface area contributed by atoms with Crippen molar-refractivity contribution in [1.29, 1.82) is 0 Å². The van der Waals surface area contributed by atoms with E-state index in [0.29, 0.717) is 5.82 Å². The molecule has 0 unspecified atom stereocenters. The normalized spacial score (nSPS) is 10.2. The van der Waals surface area contributed by atoms with E-state index >= 15 is 0 Å². The van der Waals surface area contributed by atoms with Gasteiger partial charge >= 0.3 is 0 Å². The SMILES string of the molecule is O=C(Nc1ccccc1F)c1cc(Nc2ccccc2Br)ncn1. The molecule has 0 aliphatic heterocycles. The van der Waals surface area contributed by atoms with E-state index in [4.69, 9.17) is 0 Å². The Labute approximate surface area is 146 Å². The third-order valence-electron chi connectivity index (χ3n) is 3.16. The Balaban J connectivity index is 1.79. The molecule has 0 bridgehead atoms. The maximum atomic E-state index is 13.6. The highest BCUT2D eigenvalue weighted by Crippen LogP contribution is 2.24. The molecule has 0 atom stereocenters. The van der Waals surface area contributed by atoms with Gasteiger partial charge < -0.3 is 10.6 Å². The lowest BCUT2D eigenvalue weighted by Crippen LogP contribution is -2.15. The summed E-state index contributed by atoms with van der Waals surface area (Å²) in [6, 6.07) is 15.0. The Morgan fingerprint density at radius 1 is 1.00 bits per heavy atom. The van der Waals surface area contributed by atoms with Crippen LogP contribution in [-0.4, -0.2) is 15.9 Å². The van der Waals surface area contributed by atoms with Gasteiger partial charge in [-0.15, -0.1) is 0 Å². The Morgan fingerprint density at radius 3 is 2.46 bits per heavy atom. The number of anilines is 3. The number of rotatable bonds is 4. The molecular weight excluding hydrogens is 375 g/mol. The lowest BCUT2D eigenvalue weighted by molar-refractivity contribution is 0.102. The second-order valence-electron chi connectivity index (χ2n) is 4.83. The molecule has 7 heteroatoms. The zero-order valence-electron chi connectivity index (χ0n) is 12.3. The number of carbonyl (C=O) groups excluding carboxylic acids is 1. The summed E-state index contributed by atoms with van der Waals surface area (Å²) < 4.78 is 14.5. The molecule has 2 N–H and O–H groups in total. The Hall–Kier alpha value is -2.80. The molecule has 0 saturated heterocycles. The quantitative estimate of drug-likeness (QED) is 0.698. The van der Waals surface area contributed by atoms with Gasteiger partial charge in [-0.25, -0.2) is 14.4 Å². The molecule has 1 aromatic heterocycles. The van der Waals surface area contributed by atoms with Crippen molar-refractivity contribution in [3.63, 3.8) is 0 Å². The lowest BCUT2D eigenvalue weighted by Gasteiger charge is -2.09. The van der Waals surface area contributed by atoms with Crippen LogP contribution in [0.2, 0.25) is 0 Å². The van der Waals surface area contributed by atoms with E-state index in [2.05, 4.69) is 36.5 Å². The molecule has 2 aromatic carbocycles. The van der Waals surface area contributed by atoms with Crippen LogP contribution in [0, 0.1) is 5.82 Å². The summed E-state index contributed by atoms with van der Waals surface area (Å²) in [5.74, 6) is -0.570. The molecule has 24 heavy (non-hydrogen) atoms. The predicted octanol–water partition coefficient (Wildman–Crippen LogP) is 4.37. The van der Waals surface area contributed by atoms with Gasteiger partial charge in [-0.3, -0.25) is 4.79 Å². The highest BCUT2D eigenvalue weighted by Gasteiger charge is 2.12. The number of hydrogen-bond donors (Lipinski definition) is 2. The summed E-state index contributed by atoms with van der Waals surface area (Å²) in [7, 11) is 0. The van der Waals surface area contributed by atoms with Crippen LogP contribution in [0.4, 0.5) is 21.6 Å². The maximum Gasteiger partial charge on any atom is 0.274 e. The second kappa shape index (κ2) is 7.18. The van der Waals surface area contributed by atoms with Crippen molar-refractivity contribution in [3.05, 3.63) is 76.9 Å². The first-order valence-corrected chi connectivity index (χ1v) is 7.82. The molecule has 0 spiro atoms. The van der Waals surface area contributed by atoms with E-state index in [1.54, 1.807) is 12.1 Å². The number of nitrogens with one attached hydrogen (secondary N) is 2. The van der Waals surface area contributed by atoms with Crippen LogP contribution in [0.5, 0.6) is 0 Å². The lowest BCUT2D eigenvalue weighted by atomic mass is 10.3. The molecule has 3 rings (SSSR count). The van der Waals surface area contributed by atoms with E-state index < -0.39 is 11.7 Å². The number of hydrogen-bond acceptors (Lipinski definition) is 4. The maximum absolute atomic E-state index is 13.6. The zero-order valence-corrected chi connectivity index (χ0v) is 13.9. The summed E-state index contributed by atoms with van der Waals surface area (Å²) in [6.45, 7) is 0. The molecule has 0 aliphatic rings. The van der Waals surface area contributed by atoms with Crippen molar-refractivity contribution in [2.24, 2.45) is 0 Å². The smallest absolute Gasteiger partial charge is 0.274 e. The van der Waals surface area contributed by atoms with Crippen molar-refractivity contribution in [1.82, 2.24) is 9.97 Å². The molecule has 0 aliphatic carbocycles. The Kier molecular flexibility index (Phi) is 4.81. The van der Waals surface area contributed by atoms with Gasteiger partial charge in [-0.05, 0) is 40.2 Å². The minimum atomic E-state index is -0.516. The minimum Gasteiger partial charge on any atom is -0.339 e. The van der Waals surface area contributed by atoms with E-state index in [-0.39, 0.29) is 11.4 Å². The van der Waals surface area contributed by atoms with Gasteiger partial charge in [0.15, 0.2) is 0 Å². The van der Waals surface area contributed by atoms with Crippen molar-refractivity contribution in [2.45, 2.75) is 0 Å². The second-order valence-corrected chi connectivity index (χ2v) is 5.68. The summed E-state index contributed by atoms with van der Waals surface area (Å²) in [5.41, 5.74) is 1.03. The van der Waals surface area contributed by atoms with Crippen LogP contribution in [0.1, 0.15) is 10.5 Å². The number of benzene rings is 2. The van der Waals surface area contributed by atoms with E-state index in [0.717, 1.165) is 10.2 Å². The Bertz CT molecular complexity index is 888. The number of amides is 1. The van der Waals surface area contributed by atoms with Gasteiger partial charge in [0.2, 0.25) is 0 Å². The van der Waals surface area contributed by atoms with Crippen LogP contribution in [0.25, 0.3) is 0 Å². The van der Waals surface area contributed by atoms with Crippen molar-refractivity contribution < 1.29 is 9.18 Å². The fourth-order valence-electron chi connectivity index (χ4n) is 2.00. The van der Waals surface area contributed by atoms with Crippen LogP contribution in [0.3, 0.4) is 0 Å². The monoisotopic (exact) mass is 386 g/mol. The average molecular weight is 387 g/mol. The van der Waals surface area contributed by atoms with Crippen LogP contribution >= 0.6 is 15.9 Å². The minimum absolute atomic E-state index is 0.0985. The summed E-state index contributed by atoms with van der Waals surface area (Å²) in [5, 5.41) is 5.58. The summed E-state index contributed by atoms with van der Waals surface area (Å²) in [6.07, 6.45) is 1.27. The van der Waals surface area contributed by atoms with E-state index in [1.165, 1.54) is 24.5 Å². The number of halogens is 2. The van der Waals surface area contributed by atoms with Crippen LogP contribution in [0.15, 0.2) is 65.4 Å². The van der Waals surface area contributed by atoms with Crippen LogP contribution < -0.4 is 10.6 Å². The predicted molar refractivity (Wildman–Crippen MR) is 93.8 cm³/mol. The van der Waals surface area contributed by atoms with Gasteiger partial charge in [0.05, 0.1) is 11.4 Å². The molecule has 120 valence electrons. The molecule has 5 nitrogen and oxygen atoms in total. The fourth-order valence-corrected chi connectivity index (χ4v) is 2.38. The van der Waals surface area contributed by atoms with E-state index in [1.807, 2.05) is 24.3 Å². The van der Waals surface area contributed by atoms with E-state index in [9.17, 15) is 9.18 Å². The number of carbonyl (C=O) groups is 1. The van der Waals surface area contributed by atoms with Gasteiger partial charge in [0, 0.05) is 10.5 Å². The highest BCUT2D eigenvalue weighted by molar-refractivity contribution is 9.10. The van der Waals surface area contributed by atoms with Gasteiger partial charge in [-0.1, -0.05) is 24.3 Å². The van der Waals surface area contributed by atoms with Gasteiger partial charge in [0.1, 0.15) is 23.7 Å². The van der Waals surface area contributed by atoms with Crippen molar-refractivity contribution >= 4 is 39.0 Å². The summed E-state index contributed by atoms with van der Waals surface area (Å²) >= 11 is 3.43. The van der Waals surface area contributed by atoms with Gasteiger partial charge in [-0.2, -0.15) is 0 Å². The first-order valence-electron chi connectivity index (χ1n) is 7.03. The zero-order chi connectivity index (χ0) is 16.9. The fraction of sp³-hybridized carbons (Fsp3) is 0. The van der Waals surface area contributed by atoms with Crippen molar-refractivity contribution in [3.8, 4) is 0 Å². The third-order valence-corrected chi connectivity index (χ3v) is 3.85. The number of nitrogens with zero attached hydrogens (tertiary/aromatic N) is 2. The highest BCUT2D eigenvalue weighted by atomic mass is 79.9. The van der Waals surface area contributed by atoms with Crippen LogP contribution in [-0.2, 0) is 0 Å². The number of aromatic nitrogens is 2. The number of para-hydroxylation sites is 2. The van der Waals surface area contributed by atoms with Gasteiger partial charge in [0.25, 0.3) is 5.91 Å². The summed E-state index contributed by atoms with van der Waals surface area (Å²) in [4.78, 5) is 20.3. The molecular formula is C17H12BrFN4O. The third kappa shape index (κ3) is 3.75. The first kappa shape index (κ1) is 16.1. The molecule has 3 aromatic rings. The molecule has 1 heterocycles. The van der Waals surface area contributed by atoms with Crippen molar-refractivity contribution in [2.75, 3.05) is 10.6 Å². The molecule has 1 amide bonds. The average Bonchev–Trinajstić information content (AvgIpc) is 2.59.